The molecule has 3 rings (SSSR count). The van der Waals surface area contributed by atoms with Crippen molar-refractivity contribution in [3.63, 3.8) is 0 Å². The van der Waals surface area contributed by atoms with Crippen molar-refractivity contribution in [3.05, 3.63) is 45.7 Å². The van der Waals surface area contributed by atoms with E-state index < -0.39 is 15.6 Å². The third-order valence-electron chi connectivity index (χ3n) is 4.63. The Morgan fingerprint density at radius 1 is 1.16 bits per heavy atom. The average molecular weight is 404 g/mol. The van der Waals surface area contributed by atoms with Crippen molar-refractivity contribution in [1.29, 1.82) is 0 Å². The Morgan fingerprint density at radius 3 is 2.20 bits per heavy atom. The van der Waals surface area contributed by atoms with E-state index in [-0.39, 0.29) is 23.1 Å². The van der Waals surface area contributed by atoms with Crippen LogP contribution < -0.4 is 0 Å². The third kappa shape index (κ3) is 3.31. The molecule has 0 radical (unpaired) electrons. The largest absolute Gasteiger partial charge is 0.385 e. The van der Waals surface area contributed by atoms with E-state index in [0.717, 1.165) is 5.56 Å². The predicted octanol–water partition coefficient (Wildman–Crippen LogP) is 2.71. The van der Waals surface area contributed by atoms with E-state index in [2.05, 4.69) is 5.10 Å². The van der Waals surface area contributed by atoms with Crippen LogP contribution in [0, 0.1) is 6.92 Å². The molecule has 0 unspecified atom stereocenters. The lowest BCUT2D eigenvalue weighted by Crippen LogP contribution is -2.45. The maximum Gasteiger partial charge on any atom is 0.248 e. The first-order chi connectivity index (χ1) is 11.6. The van der Waals surface area contributed by atoms with Crippen LogP contribution >= 0.6 is 23.2 Å². The van der Waals surface area contributed by atoms with Crippen LogP contribution in [0.2, 0.25) is 10.2 Å². The molecule has 0 amide bonds. The van der Waals surface area contributed by atoms with E-state index in [1.807, 2.05) is 0 Å². The van der Waals surface area contributed by atoms with Gasteiger partial charge in [-0.25, -0.2) is 8.42 Å². The Labute approximate surface area is 157 Å². The zero-order chi connectivity index (χ0) is 18.4. The zero-order valence-corrected chi connectivity index (χ0v) is 16.2. The number of piperidine rings is 1. The lowest BCUT2D eigenvalue weighted by atomic mass is 9.85. The Hall–Kier alpha value is -1.12. The SMILES string of the molecule is Cc1nn(C)c(Cl)c1S(=O)(=O)N1CCC(O)(c2ccc(Cl)cc2)CC1. The molecule has 0 atom stereocenters. The molecule has 6 nitrogen and oxygen atoms in total. The van der Waals surface area contributed by atoms with E-state index in [1.54, 1.807) is 38.2 Å². The molecule has 0 saturated carbocycles. The Bertz CT molecular complexity index is 886. The average Bonchev–Trinajstić information content (AvgIpc) is 2.81. The number of halogens is 2. The number of hydrogen-bond acceptors (Lipinski definition) is 4. The lowest BCUT2D eigenvalue weighted by Gasteiger charge is -2.37. The van der Waals surface area contributed by atoms with Gasteiger partial charge in [-0.2, -0.15) is 9.40 Å². The highest BCUT2D eigenvalue weighted by molar-refractivity contribution is 7.89. The van der Waals surface area contributed by atoms with E-state index >= 15 is 0 Å². The number of aryl methyl sites for hydroxylation is 2. The predicted molar refractivity (Wildman–Crippen MR) is 96.3 cm³/mol. The first-order valence-electron chi connectivity index (χ1n) is 7.83. The molecule has 136 valence electrons. The third-order valence-corrected chi connectivity index (χ3v) is 7.48. The van der Waals surface area contributed by atoms with E-state index in [9.17, 15) is 13.5 Å². The highest BCUT2D eigenvalue weighted by Crippen LogP contribution is 2.36. The minimum Gasteiger partial charge on any atom is -0.385 e. The second-order valence-electron chi connectivity index (χ2n) is 6.27. The van der Waals surface area contributed by atoms with Crippen molar-refractivity contribution >= 4 is 33.2 Å². The summed E-state index contributed by atoms with van der Waals surface area (Å²) in [5.74, 6) is 0. The van der Waals surface area contributed by atoms with Crippen molar-refractivity contribution in [1.82, 2.24) is 14.1 Å². The summed E-state index contributed by atoms with van der Waals surface area (Å²) in [6, 6.07) is 6.98. The summed E-state index contributed by atoms with van der Waals surface area (Å²) in [6.07, 6.45) is 0.593. The molecule has 25 heavy (non-hydrogen) atoms. The molecule has 2 aromatic rings. The van der Waals surface area contributed by atoms with Gasteiger partial charge in [0.2, 0.25) is 10.0 Å². The minimum atomic E-state index is -3.76. The van der Waals surface area contributed by atoms with Crippen molar-refractivity contribution in [2.75, 3.05) is 13.1 Å². The molecule has 0 bridgehead atoms. The normalized spacial score (nSPS) is 18.4. The van der Waals surface area contributed by atoms with Gasteiger partial charge in [0.05, 0.1) is 11.3 Å². The van der Waals surface area contributed by atoms with Crippen LogP contribution in [0.1, 0.15) is 24.1 Å². The first-order valence-corrected chi connectivity index (χ1v) is 10.0. The molecule has 1 aromatic heterocycles. The van der Waals surface area contributed by atoms with Gasteiger partial charge < -0.3 is 5.11 Å². The van der Waals surface area contributed by atoms with Crippen molar-refractivity contribution in [2.24, 2.45) is 7.05 Å². The van der Waals surface area contributed by atoms with Crippen LogP contribution in [0.25, 0.3) is 0 Å². The maximum absolute atomic E-state index is 12.9. The van der Waals surface area contributed by atoms with E-state index in [1.165, 1.54) is 8.99 Å². The first kappa shape index (κ1) is 18.7. The molecule has 1 aliphatic heterocycles. The molecule has 0 spiro atoms. The molecule has 2 heterocycles. The van der Waals surface area contributed by atoms with Crippen LogP contribution in [0.4, 0.5) is 0 Å². The highest BCUT2D eigenvalue weighted by Gasteiger charge is 2.40. The highest BCUT2D eigenvalue weighted by atomic mass is 35.5. The van der Waals surface area contributed by atoms with Crippen molar-refractivity contribution < 1.29 is 13.5 Å². The van der Waals surface area contributed by atoms with Crippen LogP contribution in [-0.2, 0) is 22.7 Å². The summed E-state index contributed by atoms with van der Waals surface area (Å²) < 4.78 is 28.5. The molecule has 1 N–H and O–H groups in total. The van der Waals surface area contributed by atoms with Crippen LogP contribution in [-0.4, -0.2) is 40.7 Å². The minimum absolute atomic E-state index is 0.0357. The van der Waals surface area contributed by atoms with Gasteiger partial charge in [0.25, 0.3) is 0 Å². The fraction of sp³-hybridized carbons (Fsp3) is 0.438. The molecule has 1 saturated heterocycles. The van der Waals surface area contributed by atoms with Crippen LogP contribution in [0.5, 0.6) is 0 Å². The van der Waals surface area contributed by atoms with E-state index in [0.29, 0.717) is 23.6 Å². The van der Waals surface area contributed by atoms with Crippen molar-refractivity contribution in [3.8, 4) is 0 Å². The summed E-state index contributed by atoms with van der Waals surface area (Å²) in [5.41, 5.74) is 0.0419. The van der Waals surface area contributed by atoms with E-state index in [4.69, 9.17) is 23.2 Å². The summed E-state index contributed by atoms with van der Waals surface area (Å²) in [7, 11) is -2.15. The van der Waals surface area contributed by atoms with Gasteiger partial charge in [-0.05, 0) is 37.5 Å². The number of benzene rings is 1. The van der Waals surface area contributed by atoms with Gasteiger partial charge in [-0.1, -0.05) is 35.3 Å². The summed E-state index contributed by atoms with van der Waals surface area (Å²) in [5, 5.41) is 15.7. The van der Waals surface area contributed by atoms with Gasteiger partial charge in [-0.3, -0.25) is 4.68 Å². The summed E-state index contributed by atoms with van der Waals surface area (Å²) in [6.45, 7) is 2.02. The quantitative estimate of drug-likeness (QED) is 0.854. The zero-order valence-electron chi connectivity index (χ0n) is 13.9. The molecule has 9 heteroatoms. The number of aliphatic hydroxyl groups is 1. The van der Waals surface area contributed by atoms with Gasteiger partial charge in [0, 0.05) is 25.2 Å². The second kappa shape index (κ2) is 6.55. The van der Waals surface area contributed by atoms with Gasteiger partial charge >= 0.3 is 0 Å². The van der Waals surface area contributed by atoms with Gasteiger partial charge in [0.15, 0.2) is 0 Å². The van der Waals surface area contributed by atoms with Crippen molar-refractivity contribution in [2.45, 2.75) is 30.3 Å². The topological polar surface area (TPSA) is 75.4 Å². The number of aromatic nitrogens is 2. The fourth-order valence-electron chi connectivity index (χ4n) is 3.18. The Balaban J connectivity index is 1.83. The number of hydrogen-bond donors (Lipinski definition) is 1. The molecular weight excluding hydrogens is 385 g/mol. The molecular formula is C16H19Cl2N3O3S. The smallest absolute Gasteiger partial charge is 0.248 e. The molecule has 1 aromatic carbocycles. The molecule has 0 aliphatic carbocycles. The second-order valence-corrected chi connectivity index (χ2v) is 8.94. The summed E-state index contributed by atoms with van der Waals surface area (Å²) in [4.78, 5) is 0.0357. The van der Waals surface area contributed by atoms with Crippen LogP contribution in [0.15, 0.2) is 29.2 Å². The van der Waals surface area contributed by atoms with Gasteiger partial charge in [0.1, 0.15) is 10.0 Å². The van der Waals surface area contributed by atoms with Gasteiger partial charge in [-0.15, -0.1) is 0 Å². The Kier molecular flexibility index (Phi) is 4.89. The number of nitrogens with zero attached hydrogens (tertiary/aromatic N) is 3. The van der Waals surface area contributed by atoms with Crippen LogP contribution in [0.3, 0.4) is 0 Å². The molecule has 1 aliphatic rings. The molecule has 1 fully saturated rings. The monoisotopic (exact) mass is 403 g/mol. The maximum atomic E-state index is 12.9. The Morgan fingerprint density at radius 2 is 1.72 bits per heavy atom. The summed E-state index contributed by atoms with van der Waals surface area (Å²) >= 11 is 12.0. The number of rotatable bonds is 3. The number of sulfonamides is 1. The standard InChI is InChI=1S/C16H19Cl2N3O3S/c1-11-14(15(18)20(2)19-11)25(23,24)21-9-7-16(22,8-10-21)12-3-5-13(17)6-4-12/h3-6,22H,7-10H2,1-2H3. The lowest BCUT2D eigenvalue weighted by molar-refractivity contribution is -0.00961. The fourth-order valence-corrected chi connectivity index (χ4v) is 5.45.